The largest absolute Gasteiger partial charge is 0.372 e. The molecular weight excluding hydrogens is 544 g/mol. The predicted molar refractivity (Wildman–Crippen MR) is 148 cm³/mol. The second-order valence-corrected chi connectivity index (χ2v) is 12.7. The number of anilines is 2. The average molecular weight is 580 g/mol. The fourth-order valence-electron chi connectivity index (χ4n) is 4.39. The first-order valence-electron chi connectivity index (χ1n) is 12.0. The Morgan fingerprint density at radius 3 is 2.22 bits per heavy atom. The van der Waals surface area contributed by atoms with Gasteiger partial charge >= 0.3 is 0 Å². The topological polar surface area (TPSA) is 103 Å². The molecule has 0 bridgehead atoms. The zero-order valence-corrected chi connectivity index (χ0v) is 24.2. The summed E-state index contributed by atoms with van der Waals surface area (Å²) in [7, 11) is 1.87. The summed E-state index contributed by atoms with van der Waals surface area (Å²) < 4.78 is 56.7. The molecule has 1 aromatic carbocycles. The first-order valence-corrected chi connectivity index (χ1v) is 14.5. The number of ketones is 1. The van der Waals surface area contributed by atoms with Gasteiger partial charge in [0.15, 0.2) is 10.9 Å². The number of benzene rings is 1. The van der Waals surface area contributed by atoms with E-state index in [1.54, 1.807) is 26.0 Å². The molecule has 0 unspecified atom stereocenters. The van der Waals surface area contributed by atoms with Gasteiger partial charge in [0, 0.05) is 25.7 Å². The van der Waals surface area contributed by atoms with Crippen molar-refractivity contribution in [3.63, 3.8) is 0 Å². The summed E-state index contributed by atoms with van der Waals surface area (Å²) in [5.41, 5.74) is -0.160. The maximum atomic E-state index is 14.8. The number of hydrogen-bond acceptors (Lipinski definition) is 8. The molecule has 8 nitrogen and oxygen atoms in total. The van der Waals surface area contributed by atoms with Crippen LogP contribution in [0.25, 0.3) is 0 Å². The Kier molecular flexibility index (Phi) is 11.3. The number of aromatic nitrogens is 1. The van der Waals surface area contributed by atoms with Crippen LogP contribution in [0.5, 0.6) is 0 Å². The Bertz CT molecular complexity index is 1160. The van der Waals surface area contributed by atoms with Crippen LogP contribution in [0.3, 0.4) is 0 Å². The smallest absolute Gasteiger partial charge is 0.212 e. The number of nitrogens with one attached hydrogen (secondary N) is 3. The molecular formula is C24H36ClF2N5O3S2. The summed E-state index contributed by atoms with van der Waals surface area (Å²) in [5.74, 6) is -2.16. The predicted octanol–water partition coefficient (Wildman–Crippen LogP) is 4.48. The van der Waals surface area contributed by atoms with E-state index in [2.05, 4.69) is 20.3 Å². The Hall–Kier alpha value is -1.86. The van der Waals surface area contributed by atoms with Crippen molar-refractivity contribution < 1.29 is 22.0 Å². The Morgan fingerprint density at radius 2 is 1.70 bits per heavy atom. The molecule has 1 aliphatic rings. The number of sulfonamides is 1. The highest BCUT2D eigenvalue weighted by Crippen LogP contribution is 2.33. The van der Waals surface area contributed by atoms with Crippen molar-refractivity contribution >= 4 is 50.5 Å². The van der Waals surface area contributed by atoms with E-state index in [1.807, 2.05) is 13.8 Å². The van der Waals surface area contributed by atoms with E-state index in [0.29, 0.717) is 30.1 Å². The van der Waals surface area contributed by atoms with Gasteiger partial charge in [0.2, 0.25) is 15.8 Å². The van der Waals surface area contributed by atoms with Crippen molar-refractivity contribution in [1.82, 2.24) is 14.6 Å². The molecule has 0 spiro atoms. The Labute approximate surface area is 228 Å². The first kappa shape index (κ1) is 31.4. The lowest BCUT2D eigenvalue weighted by Gasteiger charge is -2.29. The molecule has 0 aliphatic heterocycles. The quantitative estimate of drug-likeness (QED) is 0.337. The number of halogens is 3. The van der Waals surface area contributed by atoms with Crippen molar-refractivity contribution in [2.45, 2.75) is 58.2 Å². The Morgan fingerprint density at radius 1 is 1.14 bits per heavy atom. The molecule has 0 atom stereocenters. The summed E-state index contributed by atoms with van der Waals surface area (Å²) in [5, 5.41) is 6.61. The minimum atomic E-state index is -3.30. The van der Waals surface area contributed by atoms with Crippen molar-refractivity contribution in [2.75, 3.05) is 37.5 Å². The summed E-state index contributed by atoms with van der Waals surface area (Å²) in [6.07, 6.45) is 2.81. The zero-order chi connectivity index (χ0) is 26.6. The number of rotatable bonds is 11. The van der Waals surface area contributed by atoms with Crippen LogP contribution in [-0.4, -0.2) is 63.1 Å². The van der Waals surface area contributed by atoms with Crippen LogP contribution in [0.4, 0.5) is 19.7 Å². The molecule has 1 fully saturated rings. The van der Waals surface area contributed by atoms with Crippen LogP contribution >= 0.6 is 23.7 Å². The molecule has 3 N–H and O–H groups in total. The highest BCUT2D eigenvalue weighted by atomic mass is 35.5. The molecule has 13 heteroatoms. The van der Waals surface area contributed by atoms with Crippen LogP contribution < -0.4 is 15.4 Å². The van der Waals surface area contributed by atoms with E-state index in [4.69, 9.17) is 0 Å². The third-order valence-corrected chi connectivity index (χ3v) is 8.64. The van der Waals surface area contributed by atoms with Gasteiger partial charge in [-0.25, -0.2) is 26.9 Å². The minimum Gasteiger partial charge on any atom is -0.372 e. The minimum absolute atomic E-state index is 0. The molecule has 2 aromatic rings. The van der Waals surface area contributed by atoms with Crippen LogP contribution in [0.2, 0.25) is 0 Å². The van der Waals surface area contributed by atoms with Gasteiger partial charge in [-0.3, -0.25) is 4.79 Å². The van der Waals surface area contributed by atoms with E-state index in [9.17, 15) is 22.0 Å². The summed E-state index contributed by atoms with van der Waals surface area (Å²) >= 11 is 1.04. The highest BCUT2D eigenvalue weighted by Gasteiger charge is 2.28. The van der Waals surface area contributed by atoms with Gasteiger partial charge in [-0.1, -0.05) is 25.2 Å². The van der Waals surface area contributed by atoms with E-state index < -0.39 is 33.0 Å². The number of hydrogen-bond donors (Lipinski definition) is 3. The standard InChI is InChI=1S/C24H35F2N5O3S2.ClH/c1-14(2)13-36(33,34)30-17-8-6-16(7-9-17)28-24-29-23(27-3)22(35-24)21(32)20-18(25)10-15(11-19(20)26)12-31(4)5;/h10-11,14,16-17,27,30H,6-9,12-13H2,1-5H3,(H,28,29);1H. The average Bonchev–Trinajstić information content (AvgIpc) is 3.15. The normalized spacial score (nSPS) is 18.1. The van der Waals surface area contributed by atoms with E-state index >= 15 is 0 Å². The number of thiazole rings is 1. The molecule has 0 radical (unpaired) electrons. The number of carbonyl (C=O) groups is 1. The summed E-state index contributed by atoms with van der Waals surface area (Å²) in [6.45, 7) is 4.09. The van der Waals surface area contributed by atoms with Crippen LogP contribution in [0.15, 0.2) is 12.1 Å². The van der Waals surface area contributed by atoms with Crippen molar-refractivity contribution in [3.05, 3.63) is 39.8 Å². The fourth-order valence-corrected chi connectivity index (χ4v) is 7.10. The first-order chi connectivity index (χ1) is 16.9. The van der Waals surface area contributed by atoms with Gasteiger partial charge in [-0.2, -0.15) is 0 Å². The van der Waals surface area contributed by atoms with Crippen molar-refractivity contribution in [3.8, 4) is 0 Å². The highest BCUT2D eigenvalue weighted by molar-refractivity contribution is 7.89. The van der Waals surface area contributed by atoms with Gasteiger partial charge in [0.25, 0.3) is 0 Å². The van der Waals surface area contributed by atoms with E-state index in [-0.39, 0.29) is 46.9 Å². The third-order valence-electron chi connectivity index (χ3n) is 5.85. The second kappa shape index (κ2) is 13.3. The van der Waals surface area contributed by atoms with Crippen molar-refractivity contribution in [2.24, 2.45) is 5.92 Å². The zero-order valence-electron chi connectivity index (χ0n) is 21.7. The molecule has 1 aromatic heterocycles. The molecule has 0 saturated heterocycles. The van der Waals surface area contributed by atoms with Gasteiger partial charge in [-0.15, -0.1) is 12.4 Å². The molecule has 0 amide bonds. The SMILES string of the molecule is CNc1nc(NC2CCC(NS(=O)(=O)CC(C)C)CC2)sc1C(=O)c1c(F)cc(CN(C)C)cc1F.Cl. The maximum absolute atomic E-state index is 14.8. The fraction of sp³-hybridized carbons (Fsp3) is 0.583. The van der Waals surface area contributed by atoms with E-state index in [0.717, 1.165) is 24.2 Å². The Balaban J connectivity index is 0.00000481. The van der Waals surface area contributed by atoms with Crippen LogP contribution in [0, 0.1) is 17.6 Å². The number of nitrogens with zero attached hydrogens (tertiary/aromatic N) is 2. The van der Waals surface area contributed by atoms with Gasteiger partial charge in [0.1, 0.15) is 16.5 Å². The van der Waals surface area contributed by atoms with Crippen LogP contribution in [-0.2, 0) is 16.6 Å². The van der Waals surface area contributed by atoms with Gasteiger partial charge in [-0.05, 0) is 63.4 Å². The summed E-state index contributed by atoms with van der Waals surface area (Å²) in [4.78, 5) is 19.4. The van der Waals surface area contributed by atoms with E-state index in [1.165, 1.54) is 12.1 Å². The maximum Gasteiger partial charge on any atom is 0.212 e. The molecule has 1 aliphatic carbocycles. The molecule has 3 rings (SSSR count). The molecule has 1 saturated carbocycles. The van der Waals surface area contributed by atoms with Crippen LogP contribution in [0.1, 0.15) is 60.3 Å². The van der Waals surface area contributed by atoms with Crippen molar-refractivity contribution in [1.29, 1.82) is 0 Å². The van der Waals surface area contributed by atoms with Gasteiger partial charge in [0.05, 0.1) is 11.3 Å². The monoisotopic (exact) mass is 579 g/mol. The lowest BCUT2D eigenvalue weighted by atomic mass is 9.92. The number of carbonyl (C=O) groups excluding carboxylic acids is 1. The molecule has 37 heavy (non-hydrogen) atoms. The third kappa shape index (κ3) is 8.57. The van der Waals surface area contributed by atoms with Gasteiger partial charge < -0.3 is 15.5 Å². The molecule has 1 heterocycles. The molecule has 208 valence electrons. The lowest BCUT2D eigenvalue weighted by molar-refractivity contribution is 0.103. The summed E-state index contributed by atoms with van der Waals surface area (Å²) in [6, 6.07) is 2.32. The second-order valence-electron chi connectivity index (χ2n) is 9.93. The lowest BCUT2D eigenvalue weighted by Crippen LogP contribution is -2.41.